The quantitative estimate of drug-likeness (QED) is 0.217. The second-order valence-electron chi connectivity index (χ2n) is 13.9. The van der Waals surface area contributed by atoms with Gasteiger partial charge in [-0.15, -0.1) is 0 Å². The van der Waals surface area contributed by atoms with Gasteiger partial charge in [-0.05, 0) is 113 Å². The average Bonchev–Trinajstić information content (AvgIpc) is 3.39. The van der Waals surface area contributed by atoms with Crippen LogP contribution in [0.1, 0.15) is 84.5 Å². The summed E-state index contributed by atoms with van der Waals surface area (Å²) in [6.45, 7) is 6.58. The number of rotatable bonds is 9. The fraction of sp³-hybridized carbons (Fsp3) is 0.543. The number of nitrogens with zero attached hydrogens (tertiary/aromatic N) is 3. The van der Waals surface area contributed by atoms with Gasteiger partial charge >= 0.3 is 12.3 Å². The molecule has 3 aromatic rings. The minimum atomic E-state index is -4.76. The molecule has 2 aromatic carbocycles. The lowest BCUT2D eigenvalue weighted by Gasteiger charge is -2.54. The second-order valence-corrected chi connectivity index (χ2v) is 13.9. The van der Waals surface area contributed by atoms with Crippen LogP contribution >= 0.6 is 0 Å². The van der Waals surface area contributed by atoms with Crippen LogP contribution in [0.4, 0.5) is 32.4 Å². The van der Waals surface area contributed by atoms with Gasteiger partial charge < -0.3 is 9.47 Å². The van der Waals surface area contributed by atoms with Crippen molar-refractivity contribution in [2.24, 2.45) is 12.5 Å². The van der Waals surface area contributed by atoms with Crippen molar-refractivity contribution in [2.75, 3.05) is 11.4 Å². The zero-order valence-electron chi connectivity index (χ0n) is 27.2. The first kappa shape index (κ1) is 33.7. The number of fused-ring (bicyclic) bond motifs is 3. The molecule has 1 heterocycles. The first-order valence-corrected chi connectivity index (χ1v) is 15.7. The molecule has 0 aliphatic heterocycles. The number of ether oxygens (including phenoxy) is 2. The van der Waals surface area contributed by atoms with E-state index in [-0.39, 0.29) is 29.2 Å². The van der Waals surface area contributed by atoms with Crippen LogP contribution in [0.5, 0.6) is 5.75 Å². The fourth-order valence-electron chi connectivity index (χ4n) is 6.80. The number of hydrogen-bond donors (Lipinski definition) is 0. The van der Waals surface area contributed by atoms with Crippen LogP contribution in [-0.4, -0.2) is 40.3 Å². The molecule has 3 fully saturated rings. The molecule has 11 heteroatoms. The number of aromatic nitrogens is 2. The molecule has 2 bridgehead atoms. The monoisotopic (exact) mass is 647 g/mol. The number of carbonyl (C=O) groups excluding carboxylic acids is 1. The number of benzene rings is 2. The van der Waals surface area contributed by atoms with Gasteiger partial charge in [-0.3, -0.25) is 9.58 Å². The maximum Gasteiger partial charge on any atom is 0.427 e. The lowest BCUT2D eigenvalue weighted by Crippen LogP contribution is -2.53. The molecule has 1 aromatic heterocycles. The summed E-state index contributed by atoms with van der Waals surface area (Å²) in [4.78, 5) is 15.0. The molecule has 0 saturated heterocycles. The molecule has 0 N–H and O–H groups in total. The third-order valence-corrected chi connectivity index (χ3v) is 9.73. The van der Waals surface area contributed by atoms with E-state index < -0.39 is 23.8 Å². The van der Waals surface area contributed by atoms with Crippen LogP contribution in [0, 0.1) is 5.41 Å². The average molecular weight is 648 g/mol. The van der Waals surface area contributed by atoms with E-state index in [9.17, 15) is 26.7 Å². The summed E-state index contributed by atoms with van der Waals surface area (Å²) in [5, 5.41) is 4.49. The number of halogens is 5. The zero-order valence-corrected chi connectivity index (χ0v) is 27.2. The molecule has 46 heavy (non-hydrogen) atoms. The first-order chi connectivity index (χ1) is 21.3. The maximum atomic E-state index is 14.2. The van der Waals surface area contributed by atoms with E-state index >= 15 is 0 Å². The molecule has 6 nitrogen and oxygen atoms in total. The lowest BCUT2D eigenvalue weighted by molar-refractivity contribution is -0.243. The van der Waals surface area contributed by atoms with Gasteiger partial charge in [0.05, 0.1) is 11.8 Å². The smallest absolute Gasteiger partial charge is 0.427 e. The second kappa shape index (κ2) is 11.9. The van der Waals surface area contributed by atoms with Crippen LogP contribution in [0.25, 0.3) is 11.1 Å². The Labute approximate surface area is 266 Å². The Bertz CT molecular complexity index is 1530. The fourth-order valence-corrected chi connectivity index (χ4v) is 6.80. The third kappa shape index (κ3) is 6.74. The molecule has 0 radical (unpaired) electrons. The Morgan fingerprint density at radius 3 is 2.04 bits per heavy atom. The molecular formula is C35H42F5N3O3. The summed E-state index contributed by atoms with van der Waals surface area (Å²) < 4.78 is 81.9. The Hall–Kier alpha value is -3.63. The van der Waals surface area contributed by atoms with Crippen molar-refractivity contribution < 1.29 is 36.2 Å². The Balaban J connectivity index is 1.42. The van der Waals surface area contributed by atoms with Crippen molar-refractivity contribution in [3.05, 3.63) is 66.0 Å². The number of hydrogen-bond acceptors (Lipinski definition) is 4. The molecule has 3 saturated carbocycles. The minimum Gasteiger partial charge on any atom is -0.491 e. The van der Waals surface area contributed by atoms with E-state index in [1.807, 2.05) is 44.2 Å². The van der Waals surface area contributed by atoms with Gasteiger partial charge in [-0.1, -0.05) is 24.3 Å². The molecule has 0 spiro atoms. The van der Waals surface area contributed by atoms with Crippen molar-refractivity contribution in [3.63, 3.8) is 0 Å². The summed E-state index contributed by atoms with van der Waals surface area (Å²) >= 11 is 0. The molecular weight excluding hydrogens is 605 g/mol. The molecule has 3 aliphatic rings. The van der Waals surface area contributed by atoms with Gasteiger partial charge in [-0.2, -0.15) is 27.1 Å². The molecule has 1 amide bonds. The number of aryl methyl sites for hydroxylation is 1. The van der Waals surface area contributed by atoms with E-state index in [4.69, 9.17) is 9.47 Å². The minimum absolute atomic E-state index is 0.0151. The molecule has 0 unspecified atom stereocenters. The predicted octanol–water partition coefficient (Wildman–Crippen LogP) is 9.56. The summed E-state index contributed by atoms with van der Waals surface area (Å²) in [6.07, 6.45) is -1.76. The first-order valence-electron chi connectivity index (χ1n) is 15.7. The number of amides is 1. The van der Waals surface area contributed by atoms with E-state index in [2.05, 4.69) is 5.10 Å². The normalized spacial score (nSPS) is 21.8. The Morgan fingerprint density at radius 2 is 1.52 bits per heavy atom. The van der Waals surface area contributed by atoms with Crippen LogP contribution in [0.15, 0.2) is 54.6 Å². The van der Waals surface area contributed by atoms with Gasteiger partial charge in [0, 0.05) is 31.6 Å². The van der Waals surface area contributed by atoms with Gasteiger partial charge in [0.1, 0.15) is 11.4 Å². The molecule has 3 aliphatic carbocycles. The third-order valence-electron chi connectivity index (χ3n) is 9.73. The largest absolute Gasteiger partial charge is 0.491 e. The summed E-state index contributed by atoms with van der Waals surface area (Å²) in [5.41, 5.74) is -0.839. The zero-order chi connectivity index (χ0) is 33.7. The van der Waals surface area contributed by atoms with Gasteiger partial charge in [-0.25, -0.2) is 4.79 Å². The van der Waals surface area contributed by atoms with E-state index in [1.165, 1.54) is 22.7 Å². The molecule has 6 rings (SSSR count). The van der Waals surface area contributed by atoms with Gasteiger partial charge in [0.25, 0.3) is 5.92 Å². The molecule has 0 atom stereocenters. The summed E-state index contributed by atoms with van der Waals surface area (Å²) in [5.74, 6) is -2.31. The van der Waals surface area contributed by atoms with Crippen molar-refractivity contribution in [1.29, 1.82) is 0 Å². The SMILES string of the molecule is CC(C)Oc1ccc(-c2cccc(N(CC34CCC(c5cc(C(C)(F)F)n(C)n5)(CC3)CC4)C(=O)OC(C)(C)C(F)(F)F)c2)cc1. The highest BCUT2D eigenvalue weighted by Crippen LogP contribution is 2.58. The van der Waals surface area contributed by atoms with E-state index in [1.54, 1.807) is 18.2 Å². The van der Waals surface area contributed by atoms with Crippen molar-refractivity contribution >= 4 is 11.8 Å². The van der Waals surface area contributed by atoms with Crippen molar-refractivity contribution in [2.45, 2.75) is 102 Å². The van der Waals surface area contributed by atoms with E-state index in [0.717, 1.165) is 31.9 Å². The highest BCUT2D eigenvalue weighted by atomic mass is 19.4. The van der Waals surface area contributed by atoms with Crippen molar-refractivity contribution in [3.8, 4) is 16.9 Å². The van der Waals surface area contributed by atoms with Gasteiger partial charge in [0.2, 0.25) is 5.60 Å². The van der Waals surface area contributed by atoms with Crippen LogP contribution < -0.4 is 9.64 Å². The number of alkyl halides is 5. The van der Waals surface area contributed by atoms with Crippen LogP contribution in [-0.2, 0) is 23.1 Å². The Kier molecular flexibility index (Phi) is 8.70. The predicted molar refractivity (Wildman–Crippen MR) is 166 cm³/mol. The number of carbonyl (C=O) groups is 1. The van der Waals surface area contributed by atoms with Gasteiger partial charge in [0.15, 0.2) is 0 Å². The van der Waals surface area contributed by atoms with Crippen molar-refractivity contribution in [1.82, 2.24) is 9.78 Å². The van der Waals surface area contributed by atoms with E-state index in [0.29, 0.717) is 55.7 Å². The highest BCUT2D eigenvalue weighted by Gasteiger charge is 2.54. The standard InChI is InChI=1S/C35H42F5N3O3/c1-23(2)45-27-12-10-24(11-13-27)25-8-7-9-26(20-25)43(30(44)46-31(3,4)35(38,39)40)22-33-14-17-34(18-15-33,19-16-33)28-21-29(32(5,36)37)42(6)41-28/h7-13,20-21,23H,14-19,22H2,1-6H3. The topological polar surface area (TPSA) is 56.6 Å². The summed E-state index contributed by atoms with van der Waals surface area (Å²) in [6, 6.07) is 16.1. The van der Waals surface area contributed by atoms with Crippen LogP contribution in [0.3, 0.4) is 0 Å². The lowest BCUT2D eigenvalue weighted by atomic mass is 9.52. The Morgan fingerprint density at radius 1 is 0.913 bits per heavy atom. The maximum absolute atomic E-state index is 14.2. The highest BCUT2D eigenvalue weighted by molar-refractivity contribution is 5.89. The number of anilines is 1. The van der Waals surface area contributed by atoms with Crippen LogP contribution in [0.2, 0.25) is 0 Å². The molecule has 250 valence electrons. The summed E-state index contributed by atoms with van der Waals surface area (Å²) in [7, 11) is 1.52.